The van der Waals surface area contributed by atoms with Gasteiger partial charge in [0.1, 0.15) is 5.75 Å². The monoisotopic (exact) mass is 383 g/mol. The van der Waals surface area contributed by atoms with E-state index in [0.29, 0.717) is 11.3 Å². The average molecular weight is 384 g/mol. The van der Waals surface area contributed by atoms with Crippen LogP contribution in [0.3, 0.4) is 0 Å². The van der Waals surface area contributed by atoms with Crippen molar-refractivity contribution in [2.24, 2.45) is 5.92 Å². The van der Waals surface area contributed by atoms with Crippen LogP contribution in [-0.4, -0.2) is 25.9 Å². The molecule has 25 heavy (non-hydrogen) atoms. The van der Waals surface area contributed by atoms with Gasteiger partial charge in [0, 0.05) is 11.6 Å². The second-order valence-corrected chi connectivity index (χ2v) is 10.9. The highest BCUT2D eigenvalue weighted by Crippen LogP contribution is 2.40. The highest BCUT2D eigenvalue weighted by molar-refractivity contribution is 7.99. The fourth-order valence-corrected chi connectivity index (χ4v) is 4.47. The summed E-state index contributed by atoms with van der Waals surface area (Å²) in [7, 11) is -1.20. The zero-order valence-corrected chi connectivity index (χ0v) is 17.8. The van der Waals surface area contributed by atoms with Crippen molar-refractivity contribution >= 4 is 28.5 Å². The SMILES string of the molecule is CCSC1Oc2c(cc(C)cc2[C@@H](C)N[S@](=O)C(C)(C)C)C(=O)C1C. The van der Waals surface area contributed by atoms with Crippen LogP contribution in [0, 0.1) is 12.8 Å². The van der Waals surface area contributed by atoms with Gasteiger partial charge in [0.15, 0.2) is 11.2 Å². The predicted octanol–water partition coefficient (Wildman–Crippen LogP) is 4.40. The van der Waals surface area contributed by atoms with Gasteiger partial charge >= 0.3 is 0 Å². The molecule has 4 atom stereocenters. The number of hydrogen-bond acceptors (Lipinski definition) is 4. The molecule has 1 aliphatic heterocycles. The van der Waals surface area contributed by atoms with Crippen LogP contribution in [0.1, 0.15) is 69.1 Å². The van der Waals surface area contributed by atoms with Crippen molar-refractivity contribution in [3.63, 3.8) is 0 Å². The lowest BCUT2D eigenvalue weighted by atomic mass is 9.91. The van der Waals surface area contributed by atoms with Gasteiger partial charge in [-0.2, -0.15) is 0 Å². The quantitative estimate of drug-likeness (QED) is 0.819. The number of fused-ring (bicyclic) bond motifs is 1. The fourth-order valence-electron chi connectivity index (χ4n) is 2.77. The number of ether oxygens (including phenoxy) is 1. The van der Waals surface area contributed by atoms with Crippen LogP contribution >= 0.6 is 11.8 Å². The Balaban J connectivity index is 2.42. The van der Waals surface area contributed by atoms with Crippen LogP contribution in [0.4, 0.5) is 0 Å². The number of carbonyl (C=O) groups is 1. The number of benzene rings is 1. The molecule has 0 radical (unpaired) electrons. The lowest BCUT2D eigenvalue weighted by Crippen LogP contribution is -2.37. The summed E-state index contributed by atoms with van der Waals surface area (Å²) in [5, 5.41) is 0. The van der Waals surface area contributed by atoms with Gasteiger partial charge in [-0.25, -0.2) is 8.93 Å². The van der Waals surface area contributed by atoms with Gasteiger partial charge in [-0.1, -0.05) is 19.9 Å². The highest BCUT2D eigenvalue weighted by Gasteiger charge is 2.36. The molecule has 1 aliphatic rings. The van der Waals surface area contributed by atoms with Crippen LogP contribution in [-0.2, 0) is 11.0 Å². The molecule has 0 spiro atoms. The minimum atomic E-state index is -1.20. The first-order valence-corrected chi connectivity index (χ1v) is 10.9. The molecule has 0 aromatic heterocycles. The number of aryl methyl sites for hydroxylation is 1. The Morgan fingerprint density at radius 1 is 1.36 bits per heavy atom. The first-order valence-electron chi connectivity index (χ1n) is 8.71. The van der Waals surface area contributed by atoms with Gasteiger partial charge in [-0.3, -0.25) is 4.79 Å². The van der Waals surface area contributed by atoms with E-state index in [1.807, 2.05) is 53.7 Å². The minimum absolute atomic E-state index is 0.126. The summed E-state index contributed by atoms with van der Waals surface area (Å²) in [6.07, 6.45) is 0. The maximum absolute atomic E-state index is 12.8. The molecule has 0 amide bonds. The normalized spacial score (nSPS) is 22.9. The van der Waals surface area contributed by atoms with Gasteiger partial charge in [0.25, 0.3) is 0 Å². The van der Waals surface area contributed by atoms with E-state index in [2.05, 4.69) is 11.6 Å². The first kappa shape index (κ1) is 20.5. The van der Waals surface area contributed by atoms with Gasteiger partial charge in [0.05, 0.1) is 27.2 Å². The van der Waals surface area contributed by atoms with E-state index < -0.39 is 11.0 Å². The van der Waals surface area contributed by atoms with Crippen LogP contribution in [0.25, 0.3) is 0 Å². The standard InChI is InChI=1S/C19H29NO3S2/c1-8-24-18-12(3)16(21)15-10-11(2)9-14(17(15)23-18)13(4)20-25(22)19(5,6)7/h9-10,12-13,18,20H,8H2,1-7H3/t12?,13-,18?,25-/m1/s1. The molecule has 140 valence electrons. The zero-order valence-electron chi connectivity index (χ0n) is 16.1. The maximum Gasteiger partial charge on any atom is 0.174 e. The predicted molar refractivity (Wildman–Crippen MR) is 107 cm³/mol. The Labute approximate surface area is 158 Å². The van der Waals surface area contributed by atoms with Gasteiger partial charge < -0.3 is 4.74 Å². The van der Waals surface area contributed by atoms with Crippen molar-refractivity contribution in [2.45, 2.75) is 64.7 Å². The van der Waals surface area contributed by atoms with E-state index in [4.69, 9.17) is 4.74 Å². The lowest BCUT2D eigenvalue weighted by molar-refractivity contribution is 0.0816. The summed E-state index contributed by atoms with van der Waals surface area (Å²) >= 11 is 1.65. The topological polar surface area (TPSA) is 55.4 Å². The van der Waals surface area contributed by atoms with E-state index in [1.165, 1.54) is 0 Å². The second-order valence-electron chi connectivity index (χ2n) is 7.55. The van der Waals surface area contributed by atoms with Crippen LogP contribution in [0.15, 0.2) is 12.1 Å². The van der Waals surface area contributed by atoms with Crippen molar-refractivity contribution in [3.8, 4) is 5.75 Å². The number of ketones is 1. The lowest BCUT2D eigenvalue weighted by Gasteiger charge is -2.33. The molecule has 4 nitrogen and oxygen atoms in total. The van der Waals surface area contributed by atoms with Crippen molar-refractivity contribution in [1.82, 2.24) is 4.72 Å². The average Bonchev–Trinajstić information content (AvgIpc) is 2.51. The highest BCUT2D eigenvalue weighted by atomic mass is 32.2. The Bertz CT molecular complexity index is 682. The maximum atomic E-state index is 12.8. The number of nitrogens with one attached hydrogen (secondary N) is 1. The summed E-state index contributed by atoms with van der Waals surface area (Å²) in [4.78, 5) is 12.8. The fraction of sp³-hybridized carbons (Fsp3) is 0.632. The molecule has 1 aromatic carbocycles. The molecule has 1 N–H and O–H groups in total. The molecule has 0 saturated heterocycles. The summed E-state index contributed by atoms with van der Waals surface area (Å²) in [5.41, 5.74) is 2.38. The molecule has 0 fully saturated rings. The number of carbonyl (C=O) groups excluding carboxylic acids is 1. The van der Waals surface area contributed by atoms with Crippen LogP contribution in [0.2, 0.25) is 0 Å². The number of rotatable bonds is 5. The van der Waals surface area contributed by atoms with Crippen molar-refractivity contribution in [3.05, 3.63) is 28.8 Å². The third-order valence-corrected chi connectivity index (χ3v) is 7.07. The smallest absolute Gasteiger partial charge is 0.174 e. The van der Waals surface area contributed by atoms with E-state index in [9.17, 15) is 9.00 Å². The summed E-state index contributed by atoms with van der Waals surface area (Å²) in [6.45, 7) is 13.7. The van der Waals surface area contributed by atoms with Gasteiger partial charge in [-0.05, 0) is 52.0 Å². The first-order chi connectivity index (χ1) is 11.6. The molecule has 2 rings (SSSR count). The Morgan fingerprint density at radius 3 is 2.56 bits per heavy atom. The number of thioether (sulfide) groups is 1. The zero-order chi connectivity index (χ0) is 18.9. The third kappa shape index (κ3) is 4.47. The molecular weight excluding hydrogens is 354 g/mol. The molecule has 1 aromatic rings. The van der Waals surface area contributed by atoms with E-state index in [1.54, 1.807) is 11.8 Å². The largest absolute Gasteiger partial charge is 0.478 e. The molecule has 0 aliphatic carbocycles. The van der Waals surface area contributed by atoms with E-state index in [0.717, 1.165) is 16.9 Å². The summed E-state index contributed by atoms with van der Waals surface area (Å²) in [6, 6.07) is 3.74. The molecule has 2 unspecified atom stereocenters. The molecule has 0 saturated carbocycles. The molecule has 0 bridgehead atoms. The second kappa shape index (κ2) is 7.80. The number of Topliss-reactive ketones (excluding diaryl/α,β-unsaturated/α-hetero) is 1. The van der Waals surface area contributed by atoms with Crippen molar-refractivity contribution in [2.75, 3.05) is 5.75 Å². The summed E-state index contributed by atoms with van der Waals surface area (Å²) in [5.74, 6) is 1.49. The van der Waals surface area contributed by atoms with Crippen molar-refractivity contribution < 1.29 is 13.7 Å². The minimum Gasteiger partial charge on any atom is -0.478 e. The Kier molecular flexibility index (Phi) is 6.39. The Morgan fingerprint density at radius 2 is 2.00 bits per heavy atom. The summed E-state index contributed by atoms with van der Waals surface area (Å²) < 4.78 is 21.5. The van der Waals surface area contributed by atoms with Crippen LogP contribution < -0.4 is 9.46 Å². The van der Waals surface area contributed by atoms with Crippen LogP contribution in [0.5, 0.6) is 5.75 Å². The Hall–Kier alpha value is -0.850. The molecular formula is C19H29NO3S2. The van der Waals surface area contributed by atoms with Gasteiger partial charge in [-0.15, -0.1) is 11.8 Å². The van der Waals surface area contributed by atoms with Gasteiger partial charge in [0.2, 0.25) is 0 Å². The van der Waals surface area contributed by atoms with E-state index in [-0.39, 0.29) is 27.9 Å². The molecule has 6 heteroatoms. The van der Waals surface area contributed by atoms with Crippen molar-refractivity contribution in [1.29, 1.82) is 0 Å². The van der Waals surface area contributed by atoms with E-state index >= 15 is 0 Å². The molecule has 1 heterocycles. The third-order valence-electron chi connectivity index (χ3n) is 4.22. The number of hydrogen-bond donors (Lipinski definition) is 1.